The van der Waals surface area contributed by atoms with Crippen LogP contribution in [-0.4, -0.2) is 34.7 Å². The summed E-state index contributed by atoms with van der Waals surface area (Å²) in [5.41, 5.74) is 4.72. The van der Waals surface area contributed by atoms with Crippen molar-refractivity contribution in [2.75, 3.05) is 13.1 Å². The molecule has 4 nitrogen and oxygen atoms in total. The summed E-state index contributed by atoms with van der Waals surface area (Å²) in [5, 5.41) is 0. The van der Waals surface area contributed by atoms with E-state index in [2.05, 4.69) is 83.8 Å². The van der Waals surface area contributed by atoms with Crippen molar-refractivity contribution in [3.05, 3.63) is 79.7 Å². The lowest BCUT2D eigenvalue weighted by Gasteiger charge is -2.30. The van der Waals surface area contributed by atoms with Crippen LogP contribution in [0.25, 0.3) is 11.4 Å². The molecule has 2 heterocycles. The highest BCUT2D eigenvalue weighted by Crippen LogP contribution is 2.48. The second-order valence-electron chi connectivity index (χ2n) is 15.4. The topological polar surface area (TPSA) is 40.6 Å². The van der Waals surface area contributed by atoms with Gasteiger partial charge in [-0.25, -0.2) is 0 Å². The molecule has 0 saturated carbocycles. The number of fused-ring (bicyclic) bond motifs is 1. The molecule has 2 aromatic rings. The molecule has 2 aliphatic rings. The van der Waals surface area contributed by atoms with Crippen molar-refractivity contribution in [2.45, 2.75) is 156 Å². The quantitative estimate of drug-likeness (QED) is 0.0886. The normalized spacial score (nSPS) is 14.7. The van der Waals surface area contributed by atoms with Gasteiger partial charge in [-0.05, 0) is 72.9 Å². The third-order valence-corrected chi connectivity index (χ3v) is 12.2. The molecule has 6 heteroatoms. The fraction of sp³-hybridized carbons (Fsp3) is 0.609. The van der Waals surface area contributed by atoms with E-state index < -0.39 is 0 Å². The van der Waals surface area contributed by atoms with Crippen LogP contribution in [0.2, 0.25) is 0 Å². The predicted octanol–water partition coefficient (Wildman–Crippen LogP) is 14.1. The fourth-order valence-corrected chi connectivity index (χ4v) is 8.70. The molecule has 0 radical (unpaired) electrons. The standard InChI is InChI=1S/C46H66Br2N2O2/c1-5-9-13-17-21-35(22-18-14-10-6-2)33-49-43(37-25-29-39(47)30-26-37)41-42(45(49)51)44(38-27-31-40(48)32-28-38)50(46(41)52)34-36(23-19-15-11-7-3)24-20-16-12-8-4/h25-32,35-36H,5-24,33-34H2,1-4H3. The van der Waals surface area contributed by atoms with E-state index in [1.807, 2.05) is 34.1 Å². The van der Waals surface area contributed by atoms with Crippen molar-refractivity contribution >= 4 is 55.1 Å². The van der Waals surface area contributed by atoms with Crippen molar-refractivity contribution in [3.8, 4) is 0 Å². The summed E-state index contributed by atoms with van der Waals surface area (Å²) in [4.78, 5) is 34.2. The molecule has 0 aliphatic carbocycles. The Balaban J connectivity index is 1.78. The van der Waals surface area contributed by atoms with Crippen LogP contribution < -0.4 is 0 Å². The van der Waals surface area contributed by atoms with E-state index in [1.165, 1.54) is 103 Å². The monoisotopic (exact) mass is 836 g/mol. The Morgan fingerprint density at radius 2 is 0.731 bits per heavy atom. The Bertz CT molecular complexity index is 1330. The third kappa shape index (κ3) is 11.9. The van der Waals surface area contributed by atoms with Gasteiger partial charge in [0.1, 0.15) is 0 Å². The average molecular weight is 839 g/mol. The maximum atomic E-state index is 15.1. The van der Waals surface area contributed by atoms with E-state index in [9.17, 15) is 0 Å². The Kier molecular flexibility index (Phi) is 18.7. The highest BCUT2D eigenvalue weighted by Gasteiger charge is 2.49. The lowest BCUT2D eigenvalue weighted by Crippen LogP contribution is -2.35. The van der Waals surface area contributed by atoms with E-state index in [1.54, 1.807) is 0 Å². The smallest absolute Gasteiger partial charge is 0.261 e. The van der Waals surface area contributed by atoms with E-state index in [0.717, 1.165) is 57.1 Å². The van der Waals surface area contributed by atoms with Gasteiger partial charge in [-0.1, -0.05) is 187 Å². The van der Waals surface area contributed by atoms with Crippen LogP contribution in [0.4, 0.5) is 0 Å². The Morgan fingerprint density at radius 3 is 1.00 bits per heavy atom. The zero-order valence-corrected chi connectivity index (χ0v) is 36.0. The van der Waals surface area contributed by atoms with Crippen LogP contribution in [0.1, 0.15) is 167 Å². The molecule has 0 spiro atoms. The van der Waals surface area contributed by atoms with E-state index >= 15 is 9.59 Å². The molecule has 2 aromatic carbocycles. The Morgan fingerprint density at radius 1 is 0.442 bits per heavy atom. The lowest BCUT2D eigenvalue weighted by molar-refractivity contribution is -0.124. The van der Waals surface area contributed by atoms with Crippen LogP contribution in [0.5, 0.6) is 0 Å². The van der Waals surface area contributed by atoms with Gasteiger partial charge in [0.05, 0.1) is 22.5 Å². The van der Waals surface area contributed by atoms with E-state index in [0.29, 0.717) is 36.1 Å². The molecule has 2 aliphatic heterocycles. The summed E-state index contributed by atoms with van der Waals surface area (Å²) < 4.78 is 1.98. The number of halogens is 2. The Hall–Kier alpha value is -2.18. The molecular formula is C46H66Br2N2O2. The van der Waals surface area contributed by atoms with Crippen molar-refractivity contribution < 1.29 is 9.59 Å². The van der Waals surface area contributed by atoms with Gasteiger partial charge in [0, 0.05) is 22.0 Å². The van der Waals surface area contributed by atoms with Crippen molar-refractivity contribution in [2.24, 2.45) is 11.8 Å². The van der Waals surface area contributed by atoms with Gasteiger partial charge in [-0.2, -0.15) is 0 Å². The highest BCUT2D eigenvalue weighted by atomic mass is 79.9. The van der Waals surface area contributed by atoms with Gasteiger partial charge in [-0.15, -0.1) is 0 Å². The second-order valence-corrected chi connectivity index (χ2v) is 17.3. The second kappa shape index (κ2) is 22.9. The SMILES string of the molecule is CCCCCCC(CCCCCC)CN1C(=O)C2=C(c3ccc(Br)cc3)N(CC(CCCCCC)CCCCCC)C(=O)C2=C1c1ccc(Br)cc1. The summed E-state index contributed by atoms with van der Waals surface area (Å²) in [5.74, 6) is 0.801. The van der Waals surface area contributed by atoms with Gasteiger partial charge >= 0.3 is 0 Å². The Labute approximate surface area is 333 Å². The molecular weight excluding hydrogens is 772 g/mol. The molecule has 4 rings (SSSR count). The van der Waals surface area contributed by atoms with Gasteiger partial charge in [0.2, 0.25) is 0 Å². The molecule has 286 valence electrons. The van der Waals surface area contributed by atoms with Gasteiger partial charge in [-0.3, -0.25) is 9.59 Å². The first-order chi connectivity index (χ1) is 25.3. The number of rotatable bonds is 26. The maximum Gasteiger partial charge on any atom is 0.261 e. The molecule has 2 amide bonds. The van der Waals surface area contributed by atoms with Crippen molar-refractivity contribution in [3.63, 3.8) is 0 Å². The molecule has 0 fully saturated rings. The van der Waals surface area contributed by atoms with Crippen LogP contribution in [-0.2, 0) is 9.59 Å². The summed E-state index contributed by atoms with van der Waals surface area (Å²) in [6, 6.07) is 16.5. The van der Waals surface area contributed by atoms with Crippen LogP contribution >= 0.6 is 31.9 Å². The maximum absolute atomic E-state index is 15.1. The highest BCUT2D eigenvalue weighted by molar-refractivity contribution is 9.10. The minimum absolute atomic E-state index is 0.00348. The number of hydrogen-bond donors (Lipinski definition) is 0. The zero-order valence-electron chi connectivity index (χ0n) is 32.8. The lowest BCUT2D eigenvalue weighted by atomic mass is 9.93. The first-order valence-corrected chi connectivity index (χ1v) is 22.6. The number of benzene rings is 2. The summed E-state index contributed by atoms with van der Waals surface area (Å²) in [7, 11) is 0. The van der Waals surface area contributed by atoms with E-state index in [-0.39, 0.29) is 11.8 Å². The fourth-order valence-electron chi connectivity index (χ4n) is 8.17. The molecule has 0 aromatic heterocycles. The third-order valence-electron chi connectivity index (χ3n) is 11.2. The molecule has 52 heavy (non-hydrogen) atoms. The molecule has 0 bridgehead atoms. The first kappa shape index (κ1) is 42.6. The molecule has 0 atom stereocenters. The number of hydrogen-bond acceptors (Lipinski definition) is 2. The first-order valence-electron chi connectivity index (χ1n) is 21.0. The average Bonchev–Trinajstić information content (AvgIpc) is 3.58. The number of nitrogens with zero attached hydrogens (tertiary/aromatic N) is 2. The largest absolute Gasteiger partial charge is 0.307 e. The summed E-state index contributed by atoms with van der Waals surface area (Å²) in [6.07, 6.45) is 24.1. The number of carbonyl (C=O) groups excluding carboxylic acids is 2. The molecule has 0 saturated heterocycles. The van der Waals surface area contributed by atoms with Gasteiger partial charge in [0.15, 0.2) is 0 Å². The number of amides is 2. The van der Waals surface area contributed by atoms with Gasteiger partial charge in [0.25, 0.3) is 11.8 Å². The molecule has 0 N–H and O–H groups in total. The van der Waals surface area contributed by atoms with Crippen LogP contribution in [0.3, 0.4) is 0 Å². The zero-order chi connectivity index (χ0) is 37.3. The number of carbonyl (C=O) groups is 2. The minimum atomic E-state index is -0.00348. The van der Waals surface area contributed by atoms with Crippen LogP contribution in [0, 0.1) is 11.8 Å². The number of unbranched alkanes of at least 4 members (excludes halogenated alkanes) is 12. The molecule has 0 unspecified atom stereocenters. The summed E-state index contributed by atoms with van der Waals surface area (Å²) in [6.45, 7) is 10.4. The van der Waals surface area contributed by atoms with Gasteiger partial charge < -0.3 is 9.80 Å². The van der Waals surface area contributed by atoms with Crippen molar-refractivity contribution in [1.29, 1.82) is 0 Å². The van der Waals surface area contributed by atoms with E-state index in [4.69, 9.17) is 0 Å². The minimum Gasteiger partial charge on any atom is -0.307 e. The van der Waals surface area contributed by atoms with Crippen molar-refractivity contribution in [1.82, 2.24) is 9.80 Å². The summed E-state index contributed by atoms with van der Waals surface area (Å²) >= 11 is 7.26. The predicted molar refractivity (Wildman–Crippen MR) is 228 cm³/mol. The van der Waals surface area contributed by atoms with Crippen LogP contribution in [0.15, 0.2) is 68.6 Å².